The first-order valence-electron chi connectivity index (χ1n) is 7.57. The summed E-state index contributed by atoms with van der Waals surface area (Å²) in [5.74, 6) is -1.45. The van der Waals surface area contributed by atoms with Crippen LogP contribution in [0.4, 0.5) is 17.1 Å². The molecule has 1 N–H and O–H groups in total. The summed E-state index contributed by atoms with van der Waals surface area (Å²) in [5, 5.41) is 14.0. The van der Waals surface area contributed by atoms with Crippen LogP contribution in [0.15, 0.2) is 36.4 Å². The molecule has 0 aliphatic rings. The largest absolute Gasteiger partial charge is 0.452 e. The molecule has 0 atom stereocenters. The summed E-state index contributed by atoms with van der Waals surface area (Å²) in [6.07, 6.45) is 0. The zero-order chi connectivity index (χ0) is 20.1. The van der Waals surface area contributed by atoms with E-state index in [-0.39, 0.29) is 16.3 Å². The second-order valence-electron chi connectivity index (χ2n) is 5.61. The Hall–Kier alpha value is -2.84. The van der Waals surface area contributed by atoms with Crippen LogP contribution in [0.3, 0.4) is 0 Å². The summed E-state index contributed by atoms with van der Waals surface area (Å²) < 4.78 is 4.98. The number of amides is 1. The summed E-state index contributed by atoms with van der Waals surface area (Å²) in [6.45, 7) is -0.575. The molecule has 27 heavy (non-hydrogen) atoms. The normalized spacial score (nSPS) is 10.2. The fourth-order valence-corrected chi connectivity index (χ4v) is 2.47. The van der Waals surface area contributed by atoms with E-state index in [9.17, 15) is 19.7 Å². The Bertz CT molecular complexity index is 902. The molecule has 0 heterocycles. The van der Waals surface area contributed by atoms with Gasteiger partial charge in [0.15, 0.2) is 6.61 Å². The molecule has 2 aromatic carbocycles. The van der Waals surface area contributed by atoms with E-state index in [4.69, 9.17) is 27.9 Å². The molecule has 0 aromatic heterocycles. The van der Waals surface area contributed by atoms with E-state index in [2.05, 4.69) is 5.32 Å². The number of carbonyl (C=O) groups is 2. The summed E-state index contributed by atoms with van der Waals surface area (Å²) in [4.78, 5) is 36.2. The van der Waals surface area contributed by atoms with Crippen LogP contribution in [0, 0.1) is 10.1 Å². The average Bonchev–Trinajstić information content (AvgIpc) is 2.62. The second-order valence-corrected chi connectivity index (χ2v) is 6.42. The number of nitro benzene ring substituents is 1. The van der Waals surface area contributed by atoms with Crippen molar-refractivity contribution in [1.82, 2.24) is 0 Å². The molecule has 10 heteroatoms. The molecule has 0 saturated heterocycles. The van der Waals surface area contributed by atoms with Gasteiger partial charge in [-0.15, -0.1) is 0 Å². The van der Waals surface area contributed by atoms with Gasteiger partial charge in [-0.05, 0) is 24.3 Å². The summed E-state index contributed by atoms with van der Waals surface area (Å²) in [5.41, 5.74) is 0.537. The van der Waals surface area contributed by atoms with Gasteiger partial charge in [0, 0.05) is 31.9 Å². The van der Waals surface area contributed by atoms with Crippen LogP contribution in [-0.4, -0.2) is 37.5 Å². The maximum atomic E-state index is 12.3. The van der Waals surface area contributed by atoms with Gasteiger partial charge in [0.2, 0.25) is 0 Å². The van der Waals surface area contributed by atoms with Gasteiger partial charge in [0.1, 0.15) is 0 Å². The predicted octanol–water partition coefficient (Wildman–Crippen LogP) is 3.76. The van der Waals surface area contributed by atoms with Crippen LogP contribution < -0.4 is 10.2 Å². The number of halogens is 2. The van der Waals surface area contributed by atoms with E-state index in [1.807, 2.05) is 0 Å². The summed E-state index contributed by atoms with van der Waals surface area (Å²) in [6, 6.07) is 8.33. The van der Waals surface area contributed by atoms with E-state index >= 15 is 0 Å². The van der Waals surface area contributed by atoms with Crippen molar-refractivity contribution >= 4 is 52.1 Å². The monoisotopic (exact) mass is 411 g/mol. The van der Waals surface area contributed by atoms with Crippen molar-refractivity contribution in [2.75, 3.05) is 30.9 Å². The SMILES string of the molecule is CN(C)c1ccc([N+](=O)[O-])cc1C(=O)OCC(=O)Nc1ccc(Cl)c(Cl)c1. The van der Waals surface area contributed by atoms with Crippen LogP contribution in [0.1, 0.15) is 10.4 Å². The van der Waals surface area contributed by atoms with Crippen molar-refractivity contribution < 1.29 is 19.2 Å². The van der Waals surface area contributed by atoms with Crippen molar-refractivity contribution in [3.05, 3.63) is 62.1 Å². The van der Waals surface area contributed by atoms with Gasteiger partial charge < -0.3 is 15.0 Å². The lowest BCUT2D eigenvalue weighted by Crippen LogP contribution is -2.22. The molecule has 0 unspecified atom stereocenters. The molecule has 2 rings (SSSR count). The van der Waals surface area contributed by atoms with E-state index in [0.29, 0.717) is 16.4 Å². The third-order valence-corrected chi connectivity index (χ3v) is 4.17. The molecule has 0 fully saturated rings. The Morgan fingerprint density at radius 2 is 1.85 bits per heavy atom. The number of hydrogen-bond acceptors (Lipinski definition) is 6. The quantitative estimate of drug-likeness (QED) is 0.440. The lowest BCUT2D eigenvalue weighted by atomic mass is 10.1. The van der Waals surface area contributed by atoms with Crippen LogP contribution >= 0.6 is 23.2 Å². The molecule has 0 radical (unpaired) electrons. The lowest BCUT2D eigenvalue weighted by molar-refractivity contribution is -0.384. The maximum absolute atomic E-state index is 12.3. The number of nitrogens with zero attached hydrogens (tertiary/aromatic N) is 2. The van der Waals surface area contributed by atoms with Crippen molar-refractivity contribution in [3.8, 4) is 0 Å². The Kier molecular flexibility index (Phi) is 6.59. The van der Waals surface area contributed by atoms with Crippen LogP contribution in [-0.2, 0) is 9.53 Å². The Balaban J connectivity index is 2.08. The number of esters is 1. The van der Waals surface area contributed by atoms with Gasteiger partial charge in [-0.2, -0.15) is 0 Å². The third kappa shape index (κ3) is 5.32. The van der Waals surface area contributed by atoms with Crippen LogP contribution in [0.5, 0.6) is 0 Å². The molecule has 2 aromatic rings. The summed E-state index contributed by atoms with van der Waals surface area (Å²) >= 11 is 11.7. The highest BCUT2D eigenvalue weighted by molar-refractivity contribution is 6.42. The minimum Gasteiger partial charge on any atom is -0.452 e. The second kappa shape index (κ2) is 8.70. The molecular weight excluding hydrogens is 397 g/mol. The predicted molar refractivity (Wildman–Crippen MR) is 103 cm³/mol. The summed E-state index contributed by atoms with van der Waals surface area (Å²) in [7, 11) is 3.35. The Morgan fingerprint density at radius 3 is 2.44 bits per heavy atom. The number of rotatable bonds is 6. The zero-order valence-corrected chi connectivity index (χ0v) is 15.9. The van der Waals surface area contributed by atoms with Crippen molar-refractivity contribution in [2.45, 2.75) is 0 Å². The molecule has 0 spiro atoms. The standard InChI is InChI=1S/C17H15Cl2N3O5/c1-21(2)15-6-4-11(22(25)26)8-12(15)17(24)27-9-16(23)20-10-3-5-13(18)14(19)7-10/h3-8H,9H2,1-2H3,(H,20,23). The fourth-order valence-electron chi connectivity index (χ4n) is 2.17. The number of anilines is 2. The van der Waals surface area contributed by atoms with Gasteiger partial charge in [0.25, 0.3) is 11.6 Å². The van der Waals surface area contributed by atoms with E-state index < -0.39 is 23.4 Å². The van der Waals surface area contributed by atoms with Gasteiger partial charge in [-0.3, -0.25) is 14.9 Å². The first-order chi connectivity index (χ1) is 12.7. The third-order valence-electron chi connectivity index (χ3n) is 3.43. The number of non-ortho nitro benzene ring substituents is 1. The molecule has 0 aliphatic heterocycles. The van der Waals surface area contributed by atoms with Gasteiger partial charge in [-0.1, -0.05) is 23.2 Å². The van der Waals surface area contributed by atoms with Crippen LogP contribution in [0.2, 0.25) is 10.0 Å². The number of benzene rings is 2. The molecule has 0 aliphatic carbocycles. The first-order valence-corrected chi connectivity index (χ1v) is 8.32. The van der Waals surface area contributed by atoms with Crippen molar-refractivity contribution in [2.24, 2.45) is 0 Å². The topological polar surface area (TPSA) is 102 Å². The Labute approximate surface area is 164 Å². The lowest BCUT2D eigenvalue weighted by Gasteiger charge is -2.16. The number of nitro groups is 1. The molecular formula is C17H15Cl2N3O5. The van der Waals surface area contributed by atoms with Gasteiger partial charge in [-0.25, -0.2) is 4.79 Å². The van der Waals surface area contributed by atoms with Crippen LogP contribution in [0.25, 0.3) is 0 Å². The van der Waals surface area contributed by atoms with Crippen molar-refractivity contribution in [3.63, 3.8) is 0 Å². The number of nitrogens with one attached hydrogen (secondary N) is 1. The highest BCUT2D eigenvalue weighted by Crippen LogP contribution is 2.26. The van der Waals surface area contributed by atoms with E-state index in [1.165, 1.54) is 24.3 Å². The van der Waals surface area contributed by atoms with Gasteiger partial charge in [0.05, 0.1) is 26.2 Å². The maximum Gasteiger partial charge on any atom is 0.341 e. The molecule has 0 saturated carbocycles. The number of hydrogen-bond donors (Lipinski definition) is 1. The van der Waals surface area contributed by atoms with Gasteiger partial charge >= 0.3 is 5.97 Å². The molecule has 1 amide bonds. The molecule has 142 valence electrons. The zero-order valence-electron chi connectivity index (χ0n) is 14.4. The Morgan fingerprint density at radius 1 is 1.15 bits per heavy atom. The van der Waals surface area contributed by atoms with E-state index in [1.54, 1.807) is 25.1 Å². The minimum absolute atomic E-state index is 0.0171. The first kappa shape index (κ1) is 20.5. The fraction of sp³-hybridized carbons (Fsp3) is 0.176. The number of ether oxygens (including phenoxy) is 1. The minimum atomic E-state index is -0.855. The number of carbonyl (C=O) groups excluding carboxylic acids is 2. The molecule has 8 nitrogen and oxygen atoms in total. The highest BCUT2D eigenvalue weighted by Gasteiger charge is 2.20. The smallest absolute Gasteiger partial charge is 0.341 e. The van der Waals surface area contributed by atoms with Crippen molar-refractivity contribution in [1.29, 1.82) is 0 Å². The molecule has 0 bridgehead atoms. The van der Waals surface area contributed by atoms with E-state index in [0.717, 1.165) is 6.07 Å². The highest BCUT2D eigenvalue weighted by atomic mass is 35.5. The average molecular weight is 412 g/mol.